The smallest absolute Gasteiger partial charge is 0.237 e. The summed E-state index contributed by atoms with van der Waals surface area (Å²) < 4.78 is 0. The monoisotopic (exact) mass is 276 g/mol. The van der Waals surface area contributed by atoms with Gasteiger partial charge in [0.05, 0.1) is 12.1 Å². The van der Waals surface area contributed by atoms with Crippen molar-refractivity contribution in [3.05, 3.63) is 35.9 Å². The number of benzene rings is 1. The summed E-state index contributed by atoms with van der Waals surface area (Å²) in [5.74, 6) is 0.486. The molecule has 0 aliphatic heterocycles. The lowest BCUT2D eigenvalue weighted by Gasteiger charge is -2.23. The predicted molar refractivity (Wildman–Crippen MR) is 84.3 cm³/mol. The molecule has 3 heteroatoms. The highest BCUT2D eigenvalue weighted by molar-refractivity contribution is 5.81. The molecule has 0 fully saturated rings. The van der Waals surface area contributed by atoms with Crippen LogP contribution in [-0.4, -0.2) is 11.9 Å². The third-order valence-electron chi connectivity index (χ3n) is 3.43. The minimum absolute atomic E-state index is 0.0343. The van der Waals surface area contributed by atoms with Gasteiger partial charge in [0.1, 0.15) is 0 Å². The summed E-state index contributed by atoms with van der Waals surface area (Å²) in [7, 11) is 0. The third-order valence-corrected chi connectivity index (χ3v) is 3.43. The van der Waals surface area contributed by atoms with Crippen LogP contribution in [0.5, 0.6) is 0 Å². The maximum atomic E-state index is 12.2. The second-order valence-electron chi connectivity index (χ2n) is 5.85. The standard InChI is InChI=1S/C17H28N2O/c1-4-5-11-15(18)17(20)19-16(12-13(2)3)14-9-7-6-8-10-14/h6-10,13,15-16H,4-5,11-12,18H2,1-3H3,(H,19,20). The minimum atomic E-state index is -0.395. The van der Waals surface area contributed by atoms with E-state index in [9.17, 15) is 4.79 Å². The Hall–Kier alpha value is -1.35. The van der Waals surface area contributed by atoms with E-state index in [1.165, 1.54) is 0 Å². The van der Waals surface area contributed by atoms with E-state index < -0.39 is 6.04 Å². The first-order valence-electron chi connectivity index (χ1n) is 7.65. The first kappa shape index (κ1) is 16.7. The molecular weight excluding hydrogens is 248 g/mol. The van der Waals surface area contributed by atoms with Crippen LogP contribution in [0.3, 0.4) is 0 Å². The SMILES string of the molecule is CCCCC(N)C(=O)NC(CC(C)C)c1ccccc1. The van der Waals surface area contributed by atoms with Crippen molar-refractivity contribution in [3.63, 3.8) is 0 Å². The number of hydrogen-bond donors (Lipinski definition) is 2. The molecule has 1 amide bonds. The third kappa shape index (κ3) is 5.74. The van der Waals surface area contributed by atoms with Gasteiger partial charge in [-0.15, -0.1) is 0 Å². The van der Waals surface area contributed by atoms with Crippen LogP contribution in [-0.2, 0) is 4.79 Å². The summed E-state index contributed by atoms with van der Waals surface area (Å²) in [6.07, 6.45) is 3.74. The number of carbonyl (C=O) groups excluding carboxylic acids is 1. The lowest BCUT2D eigenvalue weighted by molar-refractivity contribution is -0.123. The molecule has 1 aromatic carbocycles. The molecule has 0 aliphatic rings. The zero-order chi connectivity index (χ0) is 15.0. The maximum absolute atomic E-state index is 12.2. The van der Waals surface area contributed by atoms with Gasteiger partial charge in [-0.3, -0.25) is 4.79 Å². The van der Waals surface area contributed by atoms with E-state index in [1.807, 2.05) is 18.2 Å². The van der Waals surface area contributed by atoms with Crippen LogP contribution >= 0.6 is 0 Å². The van der Waals surface area contributed by atoms with Crippen LogP contribution in [0.1, 0.15) is 58.1 Å². The largest absolute Gasteiger partial charge is 0.348 e. The molecule has 0 saturated heterocycles. The van der Waals surface area contributed by atoms with Crippen LogP contribution in [0, 0.1) is 5.92 Å². The van der Waals surface area contributed by atoms with Gasteiger partial charge >= 0.3 is 0 Å². The van der Waals surface area contributed by atoms with Crippen LogP contribution in [0.4, 0.5) is 0 Å². The fraction of sp³-hybridized carbons (Fsp3) is 0.588. The van der Waals surface area contributed by atoms with Gasteiger partial charge < -0.3 is 11.1 Å². The molecule has 2 atom stereocenters. The number of rotatable bonds is 8. The van der Waals surface area contributed by atoms with Crippen molar-refractivity contribution >= 4 is 5.91 Å². The van der Waals surface area contributed by atoms with Crippen LogP contribution in [0.15, 0.2) is 30.3 Å². The van der Waals surface area contributed by atoms with Crippen LogP contribution < -0.4 is 11.1 Å². The van der Waals surface area contributed by atoms with Gasteiger partial charge in [0, 0.05) is 0 Å². The molecule has 112 valence electrons. The minimum Gasteiger partial charge on any atom is -0.348 e. The van der Waals surface area contributed by atoms with Crippen molar-refractivity contribution in [1.29, 1.82) is 0 Å². The van der Waals surface area contributed by atoms with Gasteiger partial charge in [0.15, 0.2) is 0 Å². The number of unbranched alkanes of at least 4 members (excludes halogenated alkanes) is 1. The molecule has 20 heavy (non-hydrogen) atoms. The molecule has 3 N–H and O–H groups in total. The molecule has 3 nitrogen and oxygen atoms in total. The molecule has 0 spiro atoms. The van der Waals surface area contributed by atoms with Crippen molar-refractivity contribution in [2.75, 3.05) is 0 Å². The quantitative estimate of drug-likeness (QED) is 0.764. The number of hydrogen-bond acceptors (Lipinski definition) is 2. The second-order valence-corrected chi connectivity index (χ2v) is 5.85. The van der Waals surface area contributed by atoms with Gasteiger partial charge in [0.2, 0.25) is 5.91 Å². The Morgan fingerprint density at radius 1 is 1.25 bits per heavy atom. The highest BCUT2D eigenvalue weighted by Gasteiger charge is 2.19. The number of nitrogens with one attached hydrogen (secondary N) is 1. The number of amides is 1. The topological polar surface area (TPSA) is 55.1 Å². The number of nitrogens with two attached hydrogens (primary N) is 1. The molecule has 0 bridgehead atoms. The molecule has 1 aromatic rings. The van der Waals surface area contributed by atoms with E-state index in [4.69, 9.17) is 5.73 Å². The second kappa shape index (κ2) is 8.75. The molecule has 0 saturated carbocycles. The summed E-state index contributed by atoms with van der Waals surface area (Å²) in [6, 6.07) is 9.78. The summed E-state index contributed by atoms with van der Waals surface area (Å²) in [6.45, 7) is 6.44. The Kier molecular flexibility index (Phi) is 7.31. The van der Waals surface area contributed by atoms with Crippen molar-refractivity contribution in [2.45, 2.75) is 58.5 Å². The lowest BCUT2D eigenvalue weighted by Crippen LogP contribution is -2.42. The van der Waals surface area contributed by atoms with Crippen molar-refractivity contribution in [1.82, 2.24) is 5.32 Å². The average molecular weight is 276 g/mol. The highest BCUT2D eigenvalue weighted by Crippen LogP contribution is 2.21. The summed E-state index contributed by atoms with van der Waals surface area (Å²) in [4.78, 5) is 12.2. The number of carbonyl (C=O) groups is 1. The first-order valence-corrected chi connectivity index (χ1v) is 7.65. The van der Waals surface area contributed by atoms with E-state index in [1.54, 1.807) is 0 Å². The van der Waals surface area contributed by atoms with Gasteiger partial charge in [-0.2, -0.15) is 0 Å². The van der Waals surface area contributed by atoms with Crippen LogP contribution in [0.2, 0.25) is 0 Å². The highest BCUT2D eigenvalue weighted by atomic mass is 16.2. The molecule has 2 unspecified atom stereocenters. The zero-order valence-corrected chi connectivity index (χ0v) is 12.9. The summed E-state index contributed by atoms with van der Waals surface area (Å²) in [5.41, 5.74) is 7.10. The van der Waals surface area contributed by atoms with E-state index in [0.29, 0.717) is 5.92 Å². The van der Waals surface area contributed by atoms with Crippen molar-refractivity contribution < 1.29 is 4.79 Å². The lowest BCUT2D eigenvalue weighted by atomic mass is 9.96. The van der Waals surface area contributed by atoms with Gasteiger partial charge in [-0.1, -0.05) is 63.9 Å². The first-order chi connectivity index (χ1) is 9.54. The normalized spacial score (nSPS) is 14.1. The van der Waals surface area contributed by atoms with Crippen molar-refractivity contribution in [3.8, 4) is 0 Å². The van der Waals surface area contributed by atoms with E-state index in [-0.39, 0.29) is 11.9 Å². The summed E-state index contributed by atoms with van der Waals surface area (Å²) in [5, 5.41) is 3.11. The Morgan fingerprint density at radius 2 is 1.90 bits per heavy atom. The van der Waals surface area contributed by atoms with Gasteiger partial charge in [-0.05, 0) is 24.3 Å². The molecular formula is C17H28N2O. The molecule has 0 aliphatic carbocycles. The van der Waals surface area contributed by atoms with E-state index >= 15 is 0 Å². The van der Waals surface area contributed by atoms with E-state index in [2.05, 4.69) is 38.2 Å². The predicted octanol–water partition coefficient (Wildman–Crippen LogP) is 3.41. The molecule has 1 rings (SSSR count). The Bertz CT molecular complexity index is 389. The fourth-order valence-corrected chi connectivity index (χ4v) is 2.27. The van der Waals surface area contributed by atoms with E-state index in [0.717, 1.165) is 31.2 Å². The Balaban J connectivity index is 2.68. The van der Waals surface area contributed by atoms with Crippen molar-refractivity contribution in [2.24, 2.45) is 11.7 Å². The summed E-state index contributed by atoms with van der Waals surface area (Å²) >= 11 is 0. The van der Waals surface area contributed by atoms with Gasteiger partial charge in [0.25, 0.3) is 0 Å². The van der Waals surface area contributed by atoms with Crippen LogP contribution in [0.25, 0.3) is 0 Å². The average Bonchev–Trinajstić information content (AvgIpc) is 2.44. The molecule has 0 aromatic heterocycles. The zero-order valence-electron chi connectivity index (χ0n) is 12.9. The molecule has 0 heterocycles. The molecule has 0 radical (unpaired) electrons. The Labute approximate surface area is 122 Å². The fourth-order valence-electron chi connectivity index (χ4n) is 2.27. The van der Waals surface area contributed by atoms with Gasteiger partial charge in [-0.25, -0.2) is 0 Å². The Morgan fingerprint density at radius 3 is 2.45 bits per heavy atom. The maximum Gasteiger partial charge on any atom is 0.237 e.